The van der Waals surface area contributed by atoms with Crippen LogP contribution in [0.1, 0.15) is 30.1 Å². The Morgan fingerprint density at radius 2 is 1.73 bits per heavy atom. The largest absolute Gasteiger partial charge is 0.349 e. The maximum Gasteiger partial charge on any atom is 0.251 e. The van der Waals surface area contributed by atoms with Crippen molar-refractivity contribution < 1.29 is 9.59 Å². The second kappa shape index (κ2) is 8.53. The second-order valence-corrected chi connectivity index (χ2v) is 6.39. The summed E-state index contributed by atoms with van der Waals surface area (Å²) in [5, 5.41) is 5.81. The summed E-state index contributed by atoms with van der Waals surface area (Å²) in [4.78, 5) is 34.7. The van der Waals surface area contributed by atoms with E-state index in [1.807, 2.05) is 37.3 Å². The van der Waals surface area contributed by atoms with E-state index >= 15 is 0 Å². The lowest BCUT2D eigenvalue weighted by atomic mass is 10.0. The van der Waals surface area contributed by atoms with Crippen molar-refractivity contribution in [3.63, 3.8) is 0 Å². The quantitative estimate of drug-likeness (QED) is 0.854. The SMILES string of the molecule is CC(C(=O)Nc1ncccn1)N1CCC(NC(=O)c2ccccc2)CC1. The van der Waals surface area contributed by atoms with Crippen LogP contribution in [0, 0.1) is 0 Å². The first kappa shape index (κ1) is 18.0. The molecule has 7 nitrogen and oxygen atoms in total. The van der Waals surface area contributed by atoms with Crippen molar-refractivity contribution in [2.45, 2.75) is 31.8 Å². The number of hydrogen-bond donors (Lipinski definition) is 2. The van der Waals surface area contributed by atoms with Gasteiger partial charge in [0.25, 0.3) is 5.91 Å². The van der Waals surface area contributed by atoms with Gasteiger partial charge in [0.15, 0.2) is 0 Å². The molecule has 1 unspecified atom stereocenters. The van der Waals surface area contributed by atoms with Gasteiger partial charge in [-0.05, 0) is 38.0 Å². The minimum Gasteiger partial charge on any atom is -0.349 e. The summed E-state index contributed by atoms with van der Waals surface area (Å²) in [5.74, 6) is 0.147. The molecule has 1 aliphatic rings. The zero-order chi connectivity index (χ0) is 18.4. The fourth-order valence-corrected chi connectivity index (χ4v) is 3.03. The lowest BCUT2D eigenvalue weighted by molar-refractivity contribution is -0.121. The molecule has 7 heteroatoms. The number of anilines is 1. The van der Waals surface area contributed by atoms with E-state index in [1.54, 1.807) is 18.5 Å². The van der Waals surface area contributed by atoms with Crippen molar-refractivity contribution in [1.82, 2.24) is 20.2 Å². The molecule has 1 aromatic carbocycles. The number of rotatable bonds is 5. The minimum atomic E-state index is -0.274. The van der Waals surface area contributed by atoms with E-state index in [0.717, 1.165) is 25.9 Å². The Bertz CT molecular complexity index is 730. The molecule has 2 amide bonds. The molecule has 1 aromatic heterocycles. The van der Waals surface area contributed by atoms with Crippen LogP contribution in [0.3, 0.4) is 0 Å². The fourth-order valence-electron chi connectivity index (χ4n) is 3.03. The van der Waals surface area contributed by atoms with Crippen LogP contribution in [0.5, 0.6) is 0 Å². The highest BCUT2D eigenvalue weighted by Crippen LogP contribution is 2.15. The summed E-state index contributed by atoms with van der Waals surface area (Å²) in [6, 6.07) is 10.8. The average Bonchev–Trinajstić information content (AvgIpc) is 2.69. The highest BCUT2D eigenvalue weighted by atomic mass is 16.2. The Hall–Kier alpha value is -2.80. The van der Waals surface area contributed by atoms with Crippen LogP contribution in [-0.2, 0) is 4.79 Å². The van der Waals surface area contributed by atoms with Crippen LogP contribution in [0.25, 0.3) is 0 Å². The van der Waals surface area contributed by atoms with Gasteiger partial charge in [0.1, 0.15) is 0 Å². The zero-order valence-electron chi connectivity index (χ0n) is 14.8. The number of carbonyl (C=O) groups is 2. The van der Waals surface area contributed by atoms with Crippen molar-refractivity contribution in [2.75, 3.05) is 18.4 Å². The van der Waals surface area contributed by atoms with Crippen LogP contribution >= 0.6 is 0 Å². The van der Waals surface area contributed by atoms with Gasteiger partial charge in [-0.15, -0.1) is 0 Å². The molecule has 1 atom stereocenters. The molecule has 1 fully saturated rings. The lowest BCUT2D eigenvalue weighted by Crippen LogP contribution is -2.50. The van der Waals surface area contributed by atoms with Crippen LogP contribution in [-0.4, -0.2) is 51.9 Å². The molecule has 26 heavy (non-hydrogen) atoms. The average molecular weight is 353 g/mol. The van der Waals surface area contributed by atoms with E-state index in [4.69, 9.17) is 0 Å². The van der Waals surface area contributed by atoms with Crippen LogP contribution in [0.4, 0.5) is 5.95 Å². The molecule has 0 spiro atoms. The molecule has 2 N–H and O–H groups in total. The van der Waals surface area contributed by atoms with Gasteiger partial charge in [0.05, 0.1) is 6.04 Å². The van der Waals surface area contributed by atoms with Gasteiger partial charge in [0, 0.05) is 37.1 Å². The molecule has 0 saturated carbocycles. The van der Waals surface area contributed by atoms with E-state index in [-0.39, 0.29) is 23.9 Å². The summed E-state index contributed by atoms with van der Waals surface area (Å²) >= 11 is 0. The third kappa shape index (κ3) is 4.64. The second-order valence-electron chi connectivity index (χ2n) is 6.39. The maximum atomic E-state index is 12.4. The highest BCUT2D eigenvalue weighted by molar-refractivity contribution is 5.94. The number of nitrogens with zero attached hydrogens (tertiary/aromatic N) is 3. The number of aromatic nitrogens is 2. The molecule has 2 heterocycles. The van der Waals surface area contributed by atoms with Crippen molar-refractivity contribution in [1.29, 1.82) is 0 Å². The van der Waals surface area contributed by atoms with Crippen molar-refractivity contribution >= 4 is 17.8 Å². The van der Waals surface area contributed by atoms with Crippen LogP contribution in [0.2, 0.25) is 0 Å². The van der Waals surface area contributed by atoms with Gasteiger partial charge in [-0.1, -0.05) is 18.2 Å². The molecule has 0 bridgehead atoms. The monoisotopic (exact) mass is 353 g/mol. The van der Waals surface area contributed by atoms with E-state index in [1.165, 1.54) is 0 Å². The predicted octanol–water partition coefficient (Wildman–Crippen LogP) is 1.70. The zero-order valence-corrected chi connectivity index (χ0v) is 14.8. The first-order valence-electron chi connectivity index (χ1n) is 8.81. The molecule has 3 rings (SSSR count). The van der Waals surface area contributed by atoms with E-state index < -0.39 is 0 Å². The van der Waals surface area contributed by atoms with Crippen molar-refractivity contribution in [3.05, 3.63) is 54.4 Å². The third-order valence-electron chi connectivity index (χ3n) is 4.63. The minimum absolute atomic E-state index is 0.0453. The van der Waals surface area contributed by atoms with Crippen molar-refractivity contribution in [3.8, 4) is 0 Å². The smallest absolute Gasteiger partial charge is 0.251 e. The normalized spacial score (nSPS) is 16.7. The number of piperidine rings is 1. The molecule has 136 valence electrons. The fraction of sp³-hybridized carbons (Fsp3) is 0.368. The Balaban J connectivity index is 1.47. The molecular formula is C19H23N5O2. The maximum absolute atomic E-state index is 12.4. The summed E-state index contributed by atoms with van der Waals surface area (Å²) in [7, 11) is 0. The van der Waals surface area contributed by atoms with Gasteiger partial charge >= 0.3 is 0 Å². The van der Waals surface area contributed by atoms with Gasteiger partial charge < -0.3 is 5.32 Å². The molecule has 0 aliphatic carbocycles. The summed E-state index contributed by atoms with van der Waals surface area (Å²) in [5.41, 5.74) is 0.672. The van der Waals surface area contributed by atoms with E-state index in [9.17, 15) is 9.59 Å². The Morgan fingerprint density at radius 3 is 2.38 bits per heavy atom. The molecule has 2 aromatic rings. The summed E-state index contributed by atoms with van der Waals surface area (Å²) < 4.78 is 0. The Kier molecular flexibility index (Phi) is 5.91. The number of benzene rings is 1. The van der Waals surface area contributed by atoms with E-state index in [2.05, 4.69) is 25.5 Å². The van der Waals surface area contributed by atoms with Crippen molar-refractivity contribution in [2.24, 2.45) is 0 Å². The van der Waals surface area contributed by atoms with Crippen LogP contribution in [0.15, 0.2) is 48.8 Å². The number of likely N-dealkylation sites (tertiary alicyclic amines) is 1. The Labute approximate surface area is 152 Å². The van der Waals surface area contributed by atoms with Gasteiger partial charge in [-0.2, -0.15) is 0 Å². The number of hydrogen-bond acceptors (Lipinski definition) is 5. The lowest BCUT2D eigenvalue weighted by Gasteiger charge is -2.35. The summed E-state index contributed by atoms with van der Waals surface area (Å²) in [6.07, 6.45) is 4.82. The number of carbonyl (C=O) groups excluding carboxylic acids is 2. The first-order valence-corrected chi connectivity index (χ1v) is 8.81. The Morgan fingerprint density at radius 1 is 1.08 bits per heavy atom. The highest BCUT2D eigenvalue weighted by Gasteiger charge is 2.27. The van der Waals surface area contributed by atoms with E-state index in [0.29, 0.717) is 11.5 Å². The first-order chi connectivity index (χ1) is 12.6. The predicted molar refractivity (Wildman–Crippen MR) is 98.6 cm³/mol. The molecule has 1 saturated heterocycles. The van der Waals surface area contributed by atoms with Gasteiger partial charge in [-0.25, -0.2) is 9.97 Å². The van der Waals surface area contributed by atoms with Gasteiger partial charge in [-0.3, -0.25) is 19.8 Å². The summed E-state index contributed by atoms with van der Waals surface area (Å²) in [6.45, 7) is 3.38. The standard InChI is InChI=1S/C19H23N5O2/c1-14(17(25)23-19-20-10-5-11-21-19)24-12-8-16(9-13-24)22-18(26)15-6-3-2-4-7-15/h2-7,10-11,14,16H,8-9,12-13H2,1H3,(H,22,26)(H,20,21,23,25). The molecular weight excluding hydrogens is 330 g/mol. The molecule has 0 radical (unpaired) electrons. The third-order valence-corrected chi connectivity index (χ3v) is 4.63. The molecule has 1 aliphatic heterocycles. The number of amides is 2. The van der Waals surface area contributed by atoms with Gasteiger partial charge in [0.2, 0.25) is 11.9 Å². The topological polar surface area (TPSA) is 87.2 Å². The number of nitrogens with one attached hydrogen (secondary N) is 2. The van der Waals surface area contributed by atoms with Crippen LogP contribution < -0.4 is 10.6 Å².